The topological polar surface area (TPSA) is 81.8 Å². The summed E-state index contributed by atoms with van der Waals surface area (Å²) >= 11 is 0. The van der Waals surface area contributed by atoms with Gasteiger partial charge in [0.05, 0.1) is 30.0 Å². The first-order valence-corrected chi connectivity index (χ1v) is 13.6. The number of nitrogens with one attached hydrogen (secondary N) is 2. The van der Waals surface area contributed by atoms with Gasteiger partial charge in [-0.2, -0.15) is 0 Å². The van der Waals surface area contributed by atoms with Crippen molar-refractivity contribution in [3.05, 3.63) is 71.3 Å². The standard InChI is InChI=1S/C32H40N4O3/c1-19-13-14-23-11-9-10-12-25(23)26(19)18-35-27-16-15-24(32(5,6)7)17-28(27)36(22(4)37)21(3)29(31(35)39)34-30(38)20(2)33-8/h9-17,20-21,29,33H,18H2,1-8H3,(H,34,38)/t20-,21+,29?/m1/s1. The molecule has 1 unspecified atom stereocenters. The van der Waals surface area contributed by atoms with Gasteiger partial charge in [0.2, 0.25) is 11.8 Å². The van der Waals surface area contributed by atoms with Gasteiger partial charge in [-0.1, -0.05) is 63.2 Å². The van der Waals surface area contributed by atoms with Crippen molar-refractivity contribution < 1.29 is 14.4 Å². The molecule has 1 heterocycles. The molecule has 0 fully saturated rings. The number of aryl methyl sites for hydroxylation is 1. The molecule has 0 spiro atoms. The summed E-state index contributed by atoms with van der Waals surface area (Å²) in [4.78, 5) is 44.0. The Kier molecular flexibility index (Phi) is 7.84. The number of likely N-dealkylation sites (N-methyl/N-ethyl adjacent to an activating group) is 1. The number of hydrogen-bond donors (Lipinski definition) is 2. The molecular weight excluding hydrogens is 488 g/mol. The molecule has 3 aromatic rings. The monoisotopic (exact) mass is 528 g/mol. The second kappa shape index (κ2) is 10.8. The Morgan fingerprint density at radius 1 is 1.03 bits per heavy atom. The largest absolute Gasteiger partial charge is 0.341 e. The SMILES string of the molecule is CN[C@H](C)C(=O)NC1C(=O)N(Cc2c(C)ccc3ccccc23)c2ccc(C(C)(C)C)cc2N(C(C)=O)[C@H]1C. The van der Waals surface area contributed by atoms with E-state index in [2.05, 4.69) is 55.7 Å². The Morgan fingerprint density at radius 2 is 1.72 bits per heavy atom. The molecule has 4 rings (SSSR count). The highest BCUT2D eigenvalue weighted by Gasteiger charge is 2.42. The number of carbonyl (C=O) groups is 3. The molecular formula is C32H40N4O3. The first kappa shape index (κ1) is 28.3. The van der Waals surface area contributed by atoms with Gasteiger partial charge in [0.15, 0.2) is 0 Å². The predicted octanol–water partition coefficient (Wildman–Crippen LogP) is 4.83. The van der Waals surface area contributed by atoms with Crippen LogP contribution in [0.4, 0.5) is 11.4 Å². The maximum absolute atomic E-state index is 14.4. The molecule has 7 heteroatoms. The molecule has 3 atom stereocenters. The molecule has 7 nitrogen and oxygen atoms in total. The number of fused-ring (bicyclic) bond motifs is 2. The summed E-state index contributed by atoms with van der Waals surface area (Å²) in [5.74, 6) is -0.736. The van der Waals surface area contributed by atoms with Crippen LogP contribution in [0.3, 0.4) is 0 Å². The molecule has 1 aliphatic heterocycles. The van der Waals surface area contributed by atoms with E-state index in [1.165, 1.54) is 6.92 Å². The van der Waals surface area contributed by atoms with E-state index < -0.39 is 18.1 Å². The van der Waals surface area contributed by atoms with E-state index in [1.807, 2.05) is 44.2 Å². The summed E-state index contributed by atoms with van der Waals surface area (Å²) in [6.45, 7) is 13.8. The fraction of sp³-hybridized carbons (Fsp3) is 0.406. The van der Waals surface area contributed by atoms with Crippen molar-refractivity contribution >= 4 is 39.9 Å². The minimum Gasteiger partial charge on any atom is -0.341 e. The summed E-state index contributed by atoms with van der Waals surface area (Å²) < 4.78 is 0. The van der Waals surface area contributed by atoms with Crippen LogP contribution in [0.15, 0.2) is 54.6 Å². The molecule has 3 amide bonds. The lowest BCUT2D eigenvalue weighted by molar-refractivity contribution is -0.129. The molecule has 0 aromatic heterocycles. The lowest BCUT2D eigenvalue weighted by Crippen LogP contribution is -2.59. The van der Waals surface area contributed by atoms with Gasteiger partial charge in [-0.25, -0.2) is 0 Å². The molecule has 0 saturated heterocycles. The average Bonchev–Trinajstić information content (AvgIpc) is 2.97. The summed E-state index contributed by atoms with van der Waals surface area (Å²) in [5, 5.41) is 8.06. The van der Waals surface area contributed by atoms with Gasteiger partial charge >= 0.3 is 0 Å². The third kappa shape index (κ3) is 5.41. The molecule has 2 N–H and O–H groups in total. The van der Waals surface area contributed by atoms with Crippen molar-refractivity contribution in [1.29, 1.82) is 0 Å². The zero-order valence-corrected chi connectivity index (χ0v) is 24.3. The number of amides is 3. The number of nitrogens with zero attached hydrogens (tertiary/aromatic N) is 2. The highest BCUT2D eigenvalue weighted by Crippen LogP contribution is 2.40. The quantitative estimate of drug-likeness (QED) is 0.497. The molecule has 206 valence electrons. The van der Waals surface area contributed by atoms with Crippen LogP contribution in [0.25, 0.3) is 10.8 Å². The molecule has 0 bridgehead atoms. The van der Waals surface area contributed by atoms with Gasteiger partial charge in [0.1, 0.15) is 6.04 Å². The Hall–Kier alpha value is -3.71. The minimum absolute atomic E-state index is 0.163. The van der Waals surface area contributed by atoms with Crippen molar-refractivity contribution in [3.63, 3.8) is 0 Å². The second-order valence-electron chi connectivity index (χ2n) is 11.6. The Balaban J connectivity index is 1.94. The van der Waals surface area contributed by atoms with Crippen LogP contribution < -0.4 is 20.4 Å². The van der Waals surface area contributed by atoms with Crippen LogP contribution >= 0.6 is 0 Å². The molecule has 39 heavy (non-hydrogen) atoms. The van der Waals surface area contributed by atoms with Crippen molar-refractivity contribution in [1.82, 2.24) is 10.6 Å². The number of rotatable bonds is 5. The minimum atomic E-state index is -0.932. The van der Waals surface area contributed by atoms with Gasteiger partial charge in [0, 0.05) is 6.92 Å². The predicted molar refractivity (Wildman–Crippen MR) is 158 cm³/mol. The van der Waals surface area contributed by atoms with Gasteiger partial charge in [-0.3, -0.25) is 14.4 Å². The second-order valence-corrected chi connectivity index (χ2v) is 11.6. The van der Waals surface area contributed by atoms with Crippen LogP contribution in [0, 0.1) is 6.92 Å². The molecule has 3 aromatic carbocycles. The zero-order chi connectivity index (χ0) is 28.6. The third-order valence-corrected chi connectivity index (χ3v) is 7.87. The van der Waals surface area contributed by atoms with Crippen LogP contribution in [-0.2, 0) is 26.3 Å². The number of carbonyl (C=O) groups excluding carboxylic acids is 3. The van der Waals surface area contributed by atoms with E-state index in [4.69, 9.17) is 0 Å². The van der Waals surface area contributed by atoms with Crippen molar-refractivity contribution in [2.45, 2.75) is 78.6 Å². The van der Waals surface area contributed by atoms with E-state index in [-0.39, 0.29) is 23.1 Å². The zero-order valence-electron chi connectivity index (χ0n) is 24.3. The normalized spacial score (nSPS) is 18.5. The van der Waals surface area contributed by atoms with E-state index in [0.717, 1.165) is 27.5 Å². The number of hydrogen-bond acceptors (Lipinski definition) is 4. The first-order chi connectivity index (χ1) is 18.3. The maximum Gasteiger partial charge on any atom is 0.252 e. The van der Waals surface area contributed by atoms with Gasteiger partial charge in [-0.05, 0) is 72.8 Å². The Morgan fingerprint density at radius 3 is 2.36 bits per heavy atom. The smallest absolute Gasteiger partial charge is 0.252 e. The highest BCUT2D eigenvalue weighted by atomic mass is 16.2. The van der Waals surface area contributed by atoms with E-state index in [0.29, 0.717) is 17.9 Å². The highest BCUT2D eigenvalue weighted by molar-refractivity contribution is 6.09. The lowest BCUT2D eigenvalue weighted by atomic mass is 9.86. The van der Waals surface area contributed by atoms with Crippen LogP contribution in [-0.4, -0.2) is 42.9 Å². The van der Waals surface area contributed by atoms with Gasteiger partial charge in [-0.15, -0.1) is 0 Å². The average molecular weight is 529 g/mol. The fourth-order valence-corrected chi connectivity index (χ4v) is 5.30. The van der Waals surface area contributed by atoms with Crippen molar-refractivity contribution in [3.8, 4) is 0 Å². The van der Waals surface area contributed by atoms with Crippen molar-refractivity contribution in [2.75, 3.05) is 16.8 Å². The summed E-state index contributed by atoms with van der Waals surface area (Å²) in [6, 6.07) is 16.3. The summed E-state index contributed by atoms with van der Waals surface area (Å²) in [6.07, 6.45) is 0. The Labute approximate surface area is 231 Å². The van der Waals surface area contributed by atoms with E-state index in [1.54, 1.807) is 23.8 Å². The lowest BCUT2D eigenvalue weighted by Gasteiger charge is -2.32. The molecule has 0 radical (unpaired) electrons. The van der Waals surface area contributed by atoms with Crippen LogP contribution in [0.2, 0.25) is 0 Å². The van der Waals surface area contributed by atoms with Gasteiger partial charge in [0.25, 0.3) is 5.91 Å². The van der Waals surface area contributed by atoms with E-state index >= 15 is 0 Å². The summed E-state index contributed by atoms with van der Waals surface area (Å²) in [5.41, 5.74) is 4.32. The molecule has 0 saturated carbocycles. The maximum atomic E-state index is 14.4. The molecule has 1 aliphatic rings. The fourth-order valence-electron chi connectivity index (χ4n) is 5.30. The first-order valence-electron chi connectivity index (χ1n) is 13.6. The molecule has 0 aliphatic carbocycles. The number of benzene rings is 3. The van der Waals surface area contributed by atoms with Gasteiger partial charge < -0.3 is 20.4 Å². The van der Waals surface area contributed by atoms with Crippen LogP contribution in [0.5, 0.6) is 0 Å². The van der Waals surface area contributed by atoms with E-state index in [9.17, 15) is 14.4 Å². The number of anilines is 2. The third-order valence-electron chi connectivity index (χ3n) is 7.87. The Bertz CT molecular complexity index is 1420. The summed E-state index contributed by atoms with van der Waals surface area (Å²) in [7, 11) is 1.70. The van der Waals surface area contributed by atoms with Crippen molar-refractivity contribution in [2.24, 2.45) is 0 Å². The van der Waals surface area contributed by atoms with Crippen LogP contribution in [0.1, 0.15) is 58.2 Å².